The molecule has 0 saturated heterocycles. The Morgan fingerprint density at radius 3 is 2.87 bits per heavy atom. The van der Waals surface area contributed by atoms with Crippen molar-refractivity contribution in [1.29, 1.82) is 5.26 Å². The van der Waals surface area contributed by atoms with Crippen molar-refractivity contribution in [2.75, 3.05) is 29.9 Å². The molecule has 1 aromatic carbocycles. The second-order valence-corrected chi connectivity index (χ2v) is 5.59. The molecule has 0 aliphatic carbocycles. The van der Waals surface area contributed by atoms with E-state index in [1.54, 1.807) is 44.0 Å². The molecule has 0 fully saturated rings. The van der Waals surface area contributed by atoms with Gasteiger partial charge in [-0.25, -0.2) is 0 Å². The van der Waals surface area contributed by atoms with Crippen LogP contribution in [0.4, 0.5) is 11.4 Å². The maximum atomic E-state index is 11.9. The fourth-order valence-corrected chi connectivity index (χ4v) is 2.46. The number of aliphatic carboxylic acids is 1. The number of ether oxygens (including phenoxy) is 1. The molecule has 0 saturated carbocycles. The van der Waals surface area contributed by atoms with Crippen LogP contribution in [-0.2, 0) is 9.59 Å². The topological polar surface area (TPSA) is 93.9 Å². The highest BCUT2D eigenvalue weighted by Gasteiger charge is 2.29. The van der Waals surface area contributed by atoms with Gasteiger partial charge >= 0.3 is 5.97 Å². The molecule has 2 rings (SSSR count). The van der Waals surface area contributed by atoms with Gasteiger partial charge in [0.15, 0.2) is 6.10 Å². The van der Waals surface area contributed by atoms with Crippen LogP contribution in [0.15, 0.2) is 18.2 Å². The van der Waals surface area contributed by atoms with Gasteiger partial charge in [0.25, 0.3) is 5.91 Å². The van der Waals surface area contributed by atoms with Crippen molar-refractivity contribution < 1.29 is 19.4 Å². The number of carbonyl (C=O) groups excluding carboxylic acids is 1. The molecular formula is C16H19N3O4. The molecule has 1 aromatic rings. The van der Waals surface area contributed by atoms with E-state index in [1.165, 1.54) is 4.90 Å². The number of rotatable bonds is 5. The predicted molar refractivity (Wildman–Crippen MR) is 84.6 cm³/mol. The van der Waals surface area contributed by atoms with Gasteiger partial charge in [0, 0.05) is 25.3 Å². The van der Waals surface area contributed by atoms with Gasteiger partial charge in [0.2, 0.25) is 0 Å². The highest BCUT2D eigenvalue weighted by molar-refractivity contribution is 5.99. The number of nitriles is 1. The number of benzene rings is 1. The van der Waals surface area contributed by atoms with Crippen LogP contribution in [0.5, 0.6) is 5.75 Å². The number of anilines is 2. The van der Waals surface area contributed by atoms with Gasteiger partial charge in [-0.3, -0.25) is 9.59 Å². The van der Waals surface area contributed by atoms with Gasteiger partial charge in [-0.2, -0.15) is 5.26 Å². The summed E-state index contributed by atoms with van der Waals surface area (Å²) in [6.07, 6.45) is -0.579. The minimum atomic E-state index is -0.916. The van der Waals surface area contributed by atoms with E-state index < -0.39 is 18.0 Å². The van der Waals surface area contributed by atoms with Crippen molar-refractivity contribution in [3.05, 3.63) is 18.2 Å². The molecule has 1 heterocycles. The van der Waals surface area contributed by atoms with Gasteiger partial charge in [-0.1, -0.05) is 6.92 Å². The lowest BCUT2D eigenvalue weighted by molar-refractivity contribution is -0.140. The van der Waals surface area contributed by atoms with Crippen LogP contribution in [0.25, 0.3) is 0 Å². The highest BCUT2D eigenvalue weighted by atomic mass is 16.5. The molecule has 1 amide bonds. The first-order chi connectivity index (χ1) is 10.8. The molecule has 23 heavy (non-hydrogen) atoms. The van der Waals surface area contributed by atoms with Crippen LogP contribution >= 0.6 is 0 Å². The lowest BCUT2D eigenvalue weighted by Gasteiger charge is -2.32. The van der Waals surface area contributed by atoms with Crippen molar-refractivity contribution in [3.63, 3.8) is 0 Å². The third-order valence-electron chi connectivity index (χ3n) is 3.83. The lowest BCUT2D eigenvalue weighted by atomic mass is 10.1. The zero-order valence-electron chi connectivity index (χ0n) is 13.3. The molecule has 0 radical (unpaired) electrons. The van der Waals surface area contributed by atoms with Gasteiger partial charge in [-0.15, -0.1) is 0 Å². The summed E-state index contributed by atoms with van der Waals surface area (Å²) >= 11 is 0. The average Bonchev–Trinajstić information content (AvgIpc) is 2.51. The Bertz CT molecular complexity index is 668. The number of amides is 1. The first-order valence-corrected chi connectivity index (χ1v) is 7.28. The summed E-state index contributed by atoms with van der Waals surface area (Å²) in [5.74, 6) is -1.11. The Morgan fingerprint density at radius 2 is 2.26 bits per heavy atom. The lowest BCUT2D eigenvalue weighted by Crippen LogP contribution is -2.42. The standard InChI is InChI=1S/C16H19N3O4/c1-10(16(21)22)9-19(7-6-17)12-4-5-13-14(8-12)23-11(2)15(20)18(13)3/h4-5,8,10-11H,7,9H2,1-3H3,(H,21,22). The molecule has 1 aliphatic rings. The molecule has 122 valence electrons. The van der Waals surface area contributed by atoms with E-state index in [0.29, 0.717) is 17.1 Å². The van der Waals surface area contributed by atoms with E-state index in [-0.39, 0.29) is 19.0 Å². The molecule has 1 aliphatic heterocycles. The Morgan fingerprint density at radius 1 is 1.57 bits per heavy atom. The second-order valence-electron chi connectivity index (χ2n) is 5.59. The first-order valence-electron chi connectivity index (χ1n) is 7.28. The number of carboxylic acid groups (broad SMARTS) is 1. The summed E-state index contributed by atoms with van der Waals surface area (Å²) < 4.78 is 5.62. The normalized spacial score (nSPS) is 17.7. The van der Waals surface area contributed by atoms with Crippen LogP contribution < -0.4 is 14.5 Å². The fraction of sp³-hybridized carbons (Fsp3) is 0.438. The first kappa shape index (κ1) is 16.6. The zero-order chi connectivity index (χ0) is 17.1. The number of hydrogen-bond donors (Lipinski definition) is 1. The smallest absolute Gasteiger partial charge is 0.308 e. The molecule has 7 heteroatoms. The van der Waals surface area contributed by atoms with Gasteiger partial charge < -0.3 is 19.6 Å². The largest absolute Gasteiger partial charge is 0.481 e. The second kappa shape index (κ2) is 6.57. The van der Waals surface area contributed by atoms with Gasteiger partial charge in [-0.05, 0) is 19.1 Å². The Hall–Kier alpha value is -2.75. The molecule has 1 N–H and O–H groups in total. The van der Waals surface area contributed by atoms with Crippen LogP contribution in [-0.4, -0.2) is 43.2 Å². The zero-order valence-corrected chi connectivity index (χ0v) is 13.3. The van der Waals surface area contributed by atoms with Crippen molar-refractivity contribution >= 4 is 23.3 Å². The van der Waals surface area contributed by atoms with Crippen molar-refractivity contribution in [2.24, 2.45) is 5.92 Å². The SMILES string of the molecule is CC(CN(CC#N)c1ccc2c(c1)OC(C)C(=O)N2C)C(=O)O. The Kier molecular flexibility index (Phi) is 4.74. The van der Waals surface area contributed by atoms with E-state index in [2.05, 4.69) is 0 Å². The number of nitrogens with zero attached hydrogens (tertiary/aromatic N) is 3. The number of likely N-dealkylation sites (N-methyl/N-ethyl adjacent to an activating group) is 1. The summed E-state index contributed by atoms with van der Waals surface area (Å²) in [4.78, 5) is 26.2. The minimum absolute atomic E-state index is 0.0702. The van der Waals surface area contributed by atoms with Crippen LogP contribution in [0.1, 0.15) is 13.8 Å². The number of fused-ring (bicyclic) bond motifs is 1. The van der Waals surface area contributed by atoms with E-state index in [0.717, 1.165) is 0 Å². The number of carbonyl (C=O) groups is 2. The van der Waals surface area contributed by atoms with E-state index >= 15 is 0 Å². The van der Waals surface area contributed by atoms with Crippen molar-refractivity contribution in [2.45, 2.75) is 20.0 Å². The highest BCUT2D eigenvalue weighted by Crippen LogP contribution is 2.36. The van der Waals surface area contributed by atoms with Crippen LogP contribution in [0.2, 0.25) is 0 Å². The molecule has 2 atom stereocenters. The third kappa shape index (κ3) is 3.37. The molecular weight excluding hydrogens is 298 g/mol. The molecule has 2 unspecified atom stereocenters. The molecule has 0 spiro atoms. The van der Waals surface area contributed by atoms with Crippen LogP contribution in [0.3, 0.4) is 0 Å². The van der Waals surface area contributed by atoms with E-state index in [1.807, 2.05) is 6.07 Å². The third-order valence-corrected chi connectivity index (χ3v) is 3.83. The van der Waals surface area contributed by atoms with E-state index in [4.69, 9.17) is 15.1 Å². The fourth-order valence-electron chi connectivity index (χ4n) is 2.46. The number of carboxylic acids is 1. The predicted octanol–water partition coefficient (Wildman–Crippen LogP) is 1.48. The maximum absolute atomic E-state index is 11.9. The number of hydrogen-bond acceptors (Lipinski definition) is 5. The molecule has 0 bridgehead atoms. The van der Waals surface area contributed by atoms with E-state index in [9.17, 15) is 9.59 Å². The quantitative estimate of drug-likeness (QED) is 0.827. The van der Waals surface area contributed by atoms with Gasteiger partial charge in [0.1, 0.15) is 12.3 Å². The minimum Gasteiger partial charge on any atom is -0.481 e. The average molecular weight is 317 g/mol. The Balaban J connectivity index is 2.32. The summed E-state index contributed by atoms with van der Waals surface area (Å²) in [5, 5.41) is 18.0. The van der Waals surface area contributed by atoms with Crippen LogP contribution in [0, 0.1) is 17.2 Å². The summed E-state index contributed by atoms with van der Waals surface area (Å²) in [6.45, 7) is 3.55. The molecule has 7 nitrogen and oxygen atoms in total. The summed E-state index contributed by atoms with van der Waals surface area (Å²) in [7, 11) is 1.68. The van der Waals surface area contributed by atoms with Crippen molar-refractivity contribution in [1.82, 2.24) is 0 Å². The van der Waals surface area contributed by atoms with Gasteiger partial charge in [0.05, 0.1) is 17.7 Å². The monoisotopic (exact) mass is 317 g/mol. The van der Waals surface area contributed by atoms with Crippen molar-refractivity contribution in [3.8, 4) is 11.8 Å². The Labute approximate surface area is 134 Å². The maximum Gasteiger partial charge on any atom is 0.308 e. The summed E-state index contributed by atoms with van der Waals surface area (Å²) in [6, 6.07) is 7.28. The molecule has 0 aromatic heterocycles. The summed E-state index contributed by atoms with van der Waals surface area (Å²) in [5.41, 5.74) is 1.34.